The zero-order chi connectivity index (χ0) is 13.8. The first kappa shape index (κ1) is 13.0. The summed E-state index contributed by atoms with van der Waals surface area (Å²) in [4.78, 5) is 11.1. The summed E-state index contributed by atoms with van der Waals surface area (Å²) in [6.45, 7) is 1.98. The van der Waals surface area contributed by atoms with Gasteiger partial charge in [0, 0.05) is 11.6 Å². The zero-order valence-electron chi connectivity index (χ0n) is 10.5. The summed E-state index contributed by atoms with van der Waals surface area (Å²) < 4.78 is 5.48. The van der Waals surface area contributed by atoms with Crippen LogP contribution >= 0.6 is 0 Å². The van der Waals surface area contributed by atoms with Gasteiger partial charge in [0.25, 0.3) is 0 Å². The number of carboxylic acids is 1. The predicted molar refractivity (Wildman–Crippen MR) is 70.6 cm³/mol. The van der Waals surface area contributed by atoms with Crippen molar-refractivity contribution in [1.82, 2.24) is 0 Å². The maximum absolute atomic E-state index is 11.1. The second-order valence-corrected chi connectivity index (χ2v) is 4.25. The van der Waals surface area contributed by atoms with Crippen LogP contribution in [0.5, 0.6) is 11.5 Å². The van der Waals surface area contributed by atoms with Crippen LogP contribution in [0.2, 0.25) is 0 Å². The molecule has 4 nitrogen and oxygen atoms in total. The van der Waals surface area contributed by atoms with E-state index in [2.05, 4.69) is 0 Å². The number of phenolic OH excluding ortho intramolecular Hbond substituents is 1. The van der Waals surface area contributed by atoms with E-state index in [1.165, 1.54) is 6.07 Å². The molecule has 0 saturated heterocycles. The summed E-state index contributed by atoms with van der Waals surface area (Å²) in [6.07, 6.45) is 0. The van der Waals surface area contributed by atoms with Crippen molar-refractivity contribution in [1.29, 1.82) is 0 Å². The van der Waals surface area contributed by atoms with E-state index >= 15 is 0 Å². The fourth-order valence-corrected chi connectivity index (χ4v) is 1.75. The Kier molecular flexibility index (Phi) is 3.71. The molecule has 0 unspecified atom stereocenters. The Hall–Kier alpha value is -2.49. The van der Waals surface area contributed by atoms with Gasteiger partial charge in [-0.3, -0.25) is 0 Å². The van der Waals surface area contributed by atoms with Crippen molar-refractivity contribution in [3.05, 3.63) is 59.2 Å². The Bertz CT molecular complexity index is 605. The minimum absolute atomic E-state index is 0.111. The fourth-order valence-electron chi connectivity index (χ4n) is 1.75. The average Bonchev–Trinajstić information content (AvgIpc) is 2.37. The van der Waals surface area contributed by atoms with E-state index in [1.54, 1.807) is 30.3 Å². The van der Waals surface area contributed by atoms with Gasteiger partial charge in [-0.25, -0.2) is 4.79 Å². The summed E-state index contributed by atoms with van der Waals surface area (Å²) in [6, 6.07) is 11.6. The van der Waals surface area contributed by atoms with Gasteiger partial charge in [-0.05, 0) is 25.1 Å². The summed E-state index contributed by atoms with van der Waals surface area (Å²) in [7, 11) is 0. The molecule has 0 atom stereocenters. The van der Waals surface area contributed by atoms with Crippen LogP contribution in [0.4, 0.5) is 0 Å². The smallest absolute Gasteiger partial charge is 0.336 e. The first-order chi connectivity index (χ1) is 9.06. The third-order valence-corrected chi connectivity index (χ3v) is 2.71. The second kappa shape index (κ2) is 5.44. The number of carboxylic acid groups (broad SMARTS) is 1. The molecule has 0 spiro atoms. The Morgan fingerprint density at radius 1 is 1.21 bits per heavy atom. The quantitative estimate of drug-likeness (QED) is 0.884. The largest absolute Gasteiger partial charge is 0.508 e. The van der Waals surface area contributed by atoms with Crippen LogP contribution in [-0.4, -0.2) is 16.2 Å². The van der Waals surface area contributed by atoms with Gasteiger partial charge >= 0.3 is 5.97 Å². The van der Waals surface area contributed by atoms with Crippen LogP contribution in [0.15, 0.2) is 42.5 Å². The van der Waals surface area contributed by atoms with E-state index in [0.29, 0.717) is 11.3 Å². The van der Waals surface area contributed by atoms with Crippen molar-refractivity contribution in [2.24, 2.45) is 0 Å². The maximum Gasteiger partial charge on any atom is 0.336 e. The van der Waals surface area contributed by atoms with Crippen molar-refractivity contribution < 1.29 is 19.7 Å². The third-order valence-electron chi connectivity index (χ3n) is 2.71. The topological polar surface area (TPSA) is 66.8 Å². The zero-order valence-corrected chi connectivity index (χ0v) is 10.5. The number of benzene rings is 2. The molecule has 98 valence electrons. The van der Waals surface area contributed by atoms with Crippen LogP contribution in [-0.2, 0) is 6.61 Å². The normalized spacial score (nSPS) is 10.2. The van der Waals surface area contributed by atoms with Gasteiger partial charge in [-0.1, -0.05) is 23.8 Å². The van der Waals surface area contributed by atoms with E-state index < -0.39 is 5.97 Å². The van der Waals surface area contributed by atoms with Crippen molar-refractivity contribution in [3.63, 3.8) is 0 Å². The highest BCUT2D eigenvalue weighted by Crippen LogP contribution is 2.20. The molecule has 0 radical (unpaired) electrons. The van der Waals surface area contributed by atoms with Crippen LogP contribution in [0.25, 0.3) is 0 Å². The molecule has 19 heavy (non-hydrogen) atoms. The lowest BCUT2D eigenvalue weighted by molar-refractivity contribution is 0.0694. The maximum atomic E-state index is 11.1. The summed E-state index contributed by atoms with van der Waals surface area (Å²) in [5.41, 5.74) is 1.72. The molecule has 0 aliphatic carbocycles. The van der Waals surface area contributed by atoms with E-state index in [4.69, 9.17) is 9.84 Å². The standard InChI is InChI=1S/C15H14O4/c1-10-5-6-11(14(7-10)15(17)18)9-19-13-4-2-3-12(16)8-13/h2-8,16H,9H2,1H3,(H,17,18). The minimum atomic E-state index is -0.974. The molecule has 0 aliphatic rings. The molecule has 0 aromatic heterocycles. The molecule has 0 fully saturated rings. The van der Waals surface area contributed by atoms with Gasteiger partial charge in [-0.2, -0.15) is 0 Å². The molecule has 0 amide bonds. The van der Waals surface area contributed by atoms with Gasteiger partial charge in [0.15, 0.2) is 0 Å². The lowest BCUT2D eigenvalue weighted by Crippen LogP contribution is -2.06. The number of aromatic carboxylic acids is 1. The molecule has 0 bridgehead atoms. The van der Waals surface area contributed by atoms with Crippen LogP contribution in [0, 0.1) is 6.92 Å². The van der Waals surface area contributed by atoms with Gasteiger partial charge in [0.05, 0.1) is 5.56 Å². The molecule has 0 heterocycles. The number of ether oxygens (including phenoxy) is 1. The van der Waals surface area contributed by atoms with E-state index in [0.717, 1.165) is 5.56 Å². The lowest BCUT2D eigenvalue weighted by Gasteiger charge is -2.09. The molecular weight excluding hydrogens is 244 g/mol. The molecule has 0 aliphatic heterocycles. The van der Waals surface area contributed by atoms with Crippen LogP contribution in [0.1, 0.15) is 21.5 Å². The van der Waals surface area contributed by atoms with Crippen molar-refractivity contribution in [2.75, 3.05) is 0 Å². The van der Waals surface area contributed by atoms with Crippen LogP contribution < -0.4 is 4.74 Å². The van der Waals surface area contributed by atoms with Crippen molar-refractivity contribution >= 4 is 5.97 Å². The summed E-state index contributed by atoms with van der Waals surface area (Å²) in [5, 5.41) is 18.5. The predicted octanol–water partition coefficient (Wildman–Crippen LogP) is 2.98. The second-order valence-electron chi connectivity index (χ2n) is 4.25. The van der Waals surface area contributed by atoms with Crippen LogP contribution in [0.3, 0.4) is 0 Å². The highest BCUT2D eigenvalue weighted by atomic mass is 16.5. The molecule has 2 N–H and O–H groups in total. The van der Waals surface area contributed by atoms with Gasteiger partial charge < -0.3 is 14.9 Å². The minimum Gasteiger partial charge on any atom is -0.508 e. The van der Waals surface area contributed by atoms with E-state index in [1.807, 2.05) is 13.0 Å². The first-order valence-electron chi connectivity index (χ1n) is 5.81. The Balaban J connectivity index is 2.17. The Morgan fingerprint density at radius 3 is 2.68 bits per heavy atom. The average molecular weight is 258 g/mol. The number of rotatable bonds is 4. The monoisotopic (exact) mass is 258 g/mol. The molecule has 2 aromatic rings. The molecule has 2 aromatic carbocycles. The van der Waals surface area contributed by atoms with E-state index in [-0.39, 0.29) is 17.9 Å². The highest BCUT2D eigenvalue weighted by Gasteiger charge is 2.10. The highest BCUT2D eigenvalue weighted by molar-refractivity contribution is 5.89. The van der Waals surface area contributed by atoms with Crippen molar-refractivity contribution in [2.45, 2.75) is 13.5 Å². The lowest BCUT2D eigenvalue weighted by atomic mass is 10.1. The molecule has 4 heteroatoms. The fraction of sp³-hybridized carbons (Fsp3) is 0.133. The number of hydrogen-bond acceptors (Lipinski definition) is 3. The molecule has 0 saturated carbocycles. The van der Waals surface area contributed by atoms with E-state index in [9.17, 15) is 9.90 Å². The number of aryl methyl sites for hydroxylation is 1. The van der Waals surface area contributed by atoms with Gasteiger partial charge in [0.2, 0.25) is 0 Å². The molecular formula is C15H14O4. The Labute approximate surface area is 110 Å². The summed E-state index contributed by atoms with van der Waals surface area (Å²) in [5.74, 6) is -0.366. The number of phenols is 1. The number of aromatic hydroxyl groups is 1. The Morgan fingerprint density at radius 2 is 2.00 bits per heavy atom. The van der Waals surface area contributed by atoms with Gasteiger partial charge in [0.1, 0.15) is 18.1 Å². The third kappa shape index (κ3) is 3.25. The summed E-state index contributed by atoms with van der Waals surface area (Å²) >= 11 is 0. The SMILES string of the molecule is Cc1ccc(COc2cccc(O)c2)c(C(=O)O)c1. The number of carbonyl (C=O) groups is 1. The molecule has 2 rings (SSSR count). The first-order valence-corrected chi connectivity index (χ1v) is 5.81. The number of hydrogen-bond donors (Lipinski definition) is 2. The van der Waals surface area contributed by atoms with Gasteiger partial charge in [-0.15, -0.1) is 0 Å². The van der Waals surface area contributed by atoms with Crippen molar-refractivity contribution in [3.8, 4) is 11.5 Å².